The summed E-state index contributed by atoms with van der Waals surface area (Å²) in [6.45, 7) is 8.73. The van der Waals surface area contributed by atoms with Gasteiger partial charge >= 0.3 is 0 Å². The summed E-state index contributed by atoms with van der Waals surface area (Å²) in [7, 11) is 0. The minimum Gasteiger partial charge on any atom is -0.378 e. The van der Waals surface area contributed by atoms with Gasteiger partial charge < -0.3 is 15.8 Å². The number of morpholine rings is 1. The molecule has 17 heavy (non-hydrogen) atoms. The molecule has 0 bridgehead atoms. The van der Waals surface area contributed by atoms with Crippen molar-refractivity contribution in [2.45, 2.75) is 38.3 Å². The first kappa shape index (κ1) is 12.6. The molecule has 1 heterocycles. The van der Waals surface area contributed by atoms with Crippen LogP contribution in [0.2, 0.25) is 0 Å². The van der Waals surface area contributed by atoms with Crippen LogP contribution in [0.4, 0.5) is 0 Å². The van der Waals surface area contributed by atoms with E-state index in [1.165, 1.54) is 12.8 Å². The van der Waals surface area contributed by atoms with Crippen LogP contribution in [0, 0.1) is 0 Å². The number of aliphatic imine (C=N–C) groups is 1. The summed E-state index contributed by atoms with van der Waals surface area (Å²) in [6, 6.07) is 0.582. The molecule has 0 unspecified atom stereocenters. The number of rotatable bonds is 4. The molecular weight excluding hydrogens is 216 g/mol. The summed E-state index contributed by atoms with van der Waals surface area (Å²) in [5, 5.41) is 3.20. The molecule has 0 spiro atoms. The summed E-state index contributed by atoms with van der Waals surface area (Å²) >= 11 is 0. The van der Waals surface area contributed by atoms with Gasteiger partial charge in [0.05, 0.1) is 19.8 Å². The second-order valence-electron chi connectivity index (χ2n) is 5.54. The van der Waals surface area contributed by atoms with Gasteiger partial charge in [0.25, 0.3) is 0 Å². The van der Waals surface area contributed by atoms with E-state index < -0.39 is 0 Å². The summed E-state index contributed by atoms with van der Waals surface area (Å²) < 4.78 is 5.49. The SMILES string of the molecule is CC1(C)COCCN1CCN=C(N)NC1CC1. The Morgan fingerprint density at radius 3 is 2.94 bits per heavy atom. The molecule has 0 aromatic carbocycles. The predicted molar refractivity (Wildman–Crippen MR) is 69.1 cm³/mol. The minimum atomic E-state index is 0.118. The van der Waals surface area contributed by atoms with Crippen LogP contribution in [0.3, 0.4) is 0 Å². The zero-order valence-corrected chi connectivity index (χ0v) is 10.9. The Balaban J connectivity index is 1.72. The van der Waals surface area contributed by atoms with Crippen LogP contribution in [-0.2, 0) is 4.74 Å². The second-order valence-corrected chi connectivity index (χ2v) is 5.54. The molecule has 2 aliphatic rings. The monoisotopic (exact) mass is 240 g/mol. The van der Waals surface area contributed by atoms with E-state index >= 15 is 0 Å². The smallest absolute Gasteiger partial charge is 0.188 e. The predicted octanol–water partition coefficient (Wildman–Crippen LogP) is 0.164. The highest BCUT2D eigenvalue weighted by Gasteiger charge is 2.29. The summed E-state index contributed by atoms with van der Waals surface area (Å²) in [4.78, 5) is 6.79. The van der Waals surface area contributed by atoms with Crippen molar-refractivity contribution in [3.63, 3.8) is 0 Å². The van der Waals surface area contributed by atoms with Gasteiger partial charge in [0.2, 0.25) is 0 Å². The average molecular weight is 240 g/mol. The maximum absolute atomic E-state index is 5.79. The molecule has 2 rings (SSSR count). The Bertz CT molecular complexity index is 286. The molecular formula is C12H24N4O. The Morgan fingerprint density at radius 1 is 1.53 bits per heavy atom. The zero-order valence-electron chi connectivity index (χ0n) is 10.9. The van der Waals surface area contributed by atoms with E-state index in [2.05, 4.69) is 29.1 Å². The van der Waals surface area contributed by atoms with E-state index in [1.54, 1.807) is 0 Å². The lowest BCUT2D eigenvalue weighted by Crippen LogP contribution is -2.53. The van der Waals surface area contributed by atoms with E-state index in [0.717, 1.165) is 32.8 Å². The first-order valence-electron chi connectivity index (χ1n) is 6.47. The lowest BCUT2D eigenvalue weighted by atomic mass is 10.0. The Morgan fingerprint density at radius 2 is 2.29 bits per heavy atom. The highest BCUT2D eigenvalue weighted by molar-refractivity contribution is 5.78. The fraction of sp³-hybridized carbons (Fsp3) is 0.917. The van der Waals surface area contributed by atoms with Crippen molar-refractivity contribution in [3.05, 3.63) is 0 Å². The zero-order chi connectivity index (χ0) is 12.3. The first-order valence-corrected chi connectivity index (χ1v) is 6.47. The molecule has 0 aromatic rings. The van der Waals surface area contributed by atoms with Gasteiger partial charge in [-0.2, -0.15) is 0 Å². The van der Waals surface area contributed by atoms with Gasteiger partial charge in [-0.3, -0.25) is 9.89 Å². The molecule has 0 atom stereocenters. The standard InChI is InChI=1S/C12H24N4O/c1-12(2)9-17-8-7-16(12)6-5-14-11(13)15-10-3-4-10/h10H,3-9H2,1-2H3,(H3,13,14,15). The quantitative estimate of drug-likeness (QED) is 0.543. The second kappa shape index (κ2) is 5.23. The van der Waals surface area contributed by atoms with Crippen LogP contribution in [0.5, 0.6) is 0 Å². The molecule has 1 aliphatic carbocycles. The molecule has 5 nitrogen and oxygen atoms in total. The van der Waals surface area contributed by atoms with Gasteiger partial charge in [-0.25, -0.2) is 0 Å². The fourth-order valence-corrected chi connectivity index (χ4v) is 2.08. The number of nitrogens with two attached hydrogens (primary N) is 1. The van der Waals surface area contributed by atoms with E-state index in [0.29, 0.717) is 12.0 Å². The van der Waals surface area contributed by atoms with E-state index in [4.69, 9.17) is 10.5 Å². The largest absolute Gasteiger partial charge is 0.378 e. The van der Waals surface area contributed by atoms with Crippen molar-refractivity contribution in [3.8, 4) is 0 Å². The lowest BCUT2D eigenvalue weighted by Gasteiger charge is -2.41. The number of guanidine groups is 1. The van der Waals surface area contributed by atoms with Crippen LogP contribution in [0.25, 0.3) is 0 Å². The number of nitrogens with zero attached hydrogens (tertiary/aromatic N) is 2. The number of hydrogen-bond donors (Lipinski definition) is 2. The number of nitrogens with one attached hydrogen (secondary N) is 1. The minimum absolute atomic E-state index is 0.118. The molecule has 0 radical (unpaired) electrons. The molecule has 5 heteroatoms. The lowest BCUT2D eigenvalue weighted by molar-refractivity contribution is -0.0491. The highest BCUT2D eigenvalue weighted by Crippen LogP contribution is 2.19. The molecule has 1 saturated heterocycles. The van der Waals surface area contributed by atoms with E-state index in [-0.39, 0.29) is 5.54 Å². The molecule has 98 valence electrons. The first-order chi connectivity index (χ1) is 8.08. The van der Waals surface area contributed by atoms with Crippen molar-refractivity contribution in [2.75, 3.05) is 32.8 Å². The third kappa shape index (κ3) is 3.85. The molecule has 0 aromatic heterocycles. The normalized spacial score (nSPS) is 25.9. The van der Waals surface area contributed by atoms with Crippen LogP contribution in [-0.4, -0.2) is 55.3 Å². The van der Waals surface area contributed by atoms with Crippen LogP contribution in [0.15, 0.2) is 4.99 Å². The number of hydrogen-bond acceptors (Lipinski definition) is 3. The Kier molecular flexibility index (Phi) is 3.89. The van der Waals surface area contributed by atoms with Gasteiger partial charge in [0.1, 0.15) is 0 Å². The molecule has 2 fully saturated rings. The van der Waals surface area contributed by atoms with E-state index in [9.17, 15) is 0 Å². The fourth-order valence-electron chi connectivity index (χ4n) is 2.08. The van der Waals surface area contributed by atoms with Crippen molar-refractivity contribution in [1.29, 1.82) is 0 Å². The van der Waals surface area contributed by atoms with Crippen LogP contribution in [0.1, 0.15) is 26.7 Å². The number of ether oxygens (including phenoxy) is 1. The summed E-state index contributed by atoms with van der Waals surface area (Å²) in [5.41, 5.74) is 5.91. The summed E-state index contributed by atoms with van der Waals surface area (Å²) in [5.74, 6) is 0.596. The van der Waals surface area contributed by atoms with E-state index in [1.807, 2.05) is 0 Å². The van der Waals surface area contributed by atoms with Gasteiger partial charge in [0, 0.05) is 24.7 Å². The topological polar surface area (TPSA) is 62.9 Å². The maximum atomic E-state index is 5.79. The third-order valence-corrected chi connectivity index (χ3v) is 3.40. The van der Waals surface area contributed by atoms with Gasteiger partial charge in [-0.05, 0) is 26.7 Å². The third-order valence-electron chi connectivity index (χ3n) is 3.40. The van der Waals surface area contributed by atoms with Crippen molar-refractivity contribution in [1.82, 2.24) is 10.2 Å². The highest BCUT2D eigenvalue weighted by atomic mass is 16.5. The Hall–Kier alpha value is -0.810. The van der Waals surface area contributed by atoms with Gasteiger partial charge in [-0.1, -0.05) is 0 Å². The van der Waals surface area contributed by atoms with Crippen LogP contribution >= 0.6 is 0 Å². The average Bonchev–Trinajstić information content (AvgIpc) is 3.04. The van der Waals surface area contributed by atoms with Crippen molar-refractivity contribution >= 4 is 5.96 Å². The Labute approximate surface area is 103 Å². The molecule has 0 amide bonds. The van der Waals surface area contributed by atoms with Gasteiger partial charge in [-0.15, -0.1) is 0 Å². The molecule has 1 aliphatic heterocycles. The molecule has 1 saturated carbocycles. The van der Waals surface area contributed by atoms with Crippen molar-refractivity contribution < 1.29 is 4.74 Å². The van der Waals surface area contributed by atoms with Gasteiger partial charge in [0.15, 0.2) is 5.96 Å². The van der Waals surface area contributed by atoms with Crippen LogP contribution < -0.4 is 11.1 Å². The maximum Gasteiger partial charge on any atom is 0.188 e. The van der Waals surface area contributed by atoms with Crippen molar-refractivity contribution in [2.24, 2.45) is 10.7 Å². The molecule has 3 N–H and O–H groups in total. The summed E-state index contributed by atoms with van der Waals surface area (Å²) in [6.07, 6.45) is 2.46.